The van der Waals surface area contributed by atoms with Crippen LogP contribution < -0.4 is 5.32 Å². The largest absolute Gasteiger partial charge is 0.326 e. The number of nitrogens with zero attached hydrogens (tertiary/aromatic N) is 5. The molecule has 0 fully saturated rings. The molecule has 0 spiro atoms. The molecule has 1 aliphatic heterocycles. The van der Waals surface area contributed by atoms with Gasteiger partial charge in [-0.2, -0.15) is 9.78 Å². The van der Waals surface area contributed by atoms with Gasteiger partial charge >= 0.3 is 0 Å². The standard InChI is InChI=1S/C18H16N6OS/c1-2-16(25)20-14-7-5-12(6-8-14)15-11-26-18-22-21-17(24(18)23-15)13-4-3-9-19-10-13/h3-10H,2,11H2,1H3,(H,20,25). The van der Waals surface area contributed by atoms with E-state index >= 15 is 0 Å². The van der Waals surface area contributed by atoms with Crippen LogP contribution in [0.3, 0.4) is 0 Å². The highest BCUT2D eigenvalue weighted by Gasteiger charge is 2.20. The van der Waals surface area contributed by atoms with Crippen molar-refractivity contribution in [2.75, 3.05) is 11.1 Å². The molecule has 3 heterocycles. The molecule has 0 saturated carbocycles. The van der Waals surface area contributed by atoms with Crippen molar-refractivity contribution in [1.82, 2.24) is 19.9 Å². The smallest absolute Gasteiger partial charge is 0.224 e. The molecular formula is C18H16N6OS. The number of nitrogens with one attached hydrogen (secondary N) is 1. The normalized spacial score (nSPS) is 13.0. The monoisotopic (exact) mass is 364 g/mol. The molecule has 7 nitrogen and oxygen atoms in total. The maximum atomic E-state index is 11.5. The second kappa shape index (κ2) is 7.09. The van der Waals surface area contributed by atoms with Gasteiger partial charge in [-0.05, 0) is 29.8 Å². The van der Waals surface area contributed by atoms with Gasteiger partial charge < -0.3 is 5.32 Å². The lowest BCUT2D eigenvalue weighted by Gasteiger charge is -2.14. The third kappa shape index (κ3) is 3.23. The van der Waals surface area contributed by atoms with E-state index in [1.807, 2.05) is 43.3 Å². The number of aromatic nitrogens is 4. The molecule has 0 saturated heterocycles. The molecule has 1 N–H and O–H groups in total. The molecule has 1 aliphatic rings. The van der Waals surface area contributed by atoms with Gasteiger partial charge in [-0.3, -0.25) is 9.78 Å². The van der Waals surface area contributed by atoms with E-state index < -0.39 is 0 Å². The number of pyridine rings is 1. The highest BCUT2D eigenvalue weighted by molar-refractivity contribution is 7.99. The van der Waals surface area contributed by atoms with Crippen LogP contribution in [0.25, 0.3) is 11.4 Å². The minimum Gasteiger partial charge on any atom is -0.326 e. The SMILES string of the molecule is CCC(=O)Nc1ccc(C2=Nn3c(nnc3-c3cccnc3)SC2)cc1. The Morgan fingerprint density at radius 1 is 1.19 bits per heavy atom. The Balaban J connectivity index is 1.64. The Hall–Kier alpha value is -3.00. The quantitative estimate of drug-likeness (QED) is 0.769. The third-order valence-corrected chi connectivity index (χ3v) is 4.84. The highest BCUT2D eigenvalue weighted by Crippen LogP contribution is 2.28. The summed E-state index contributed by atoms with van der Waals surface area (Å²) in [4.78, 5) is 15.6. The summed E-state index contributed by atoms with van der Waals surface area (Å²) in [6.07, 6.45) is 3.93. The van der Waals surface area contributed by atoms with Crippen LogP contribution in [0.5, 0.6) is 0 Å². The summed E-state index contributed by atoms with van der Waals surface area (Å²) in [6.45, 7) is 1.83. The molecule has 0 radical (unpaired) electrons. The van der Waals surface area contributed by atoms with Gasteiger partial charge in [0.2, 0.25) is 11.1 Å². The van der Waals surface area contributed by atoms with Crippen molar-refractivity contribution in [2.45, 2.75) is 18.5 Å². The predicted molar refractivity (Wildman–Crippen MR) is 101 cm³/mol. The summed E-state index contributed by atoms with van der Waals surface area (Å²) in [6, 6.07) is 11.5. The average molecular weight is 364 g/mol. The van der Waals surface area contributed by atoms with Gasteiger partial charge in [-0.15, -0.1) is 10.2 Å². The summed E-state index contributed by atoms with van der Waals surface area (Å²) in [5.74, 6) is 1.38. The first kappa shape index (κ1) is 16.5. The maximum absolute atomic E-state index is 11.5. The lowest BCUT2D eigenvalue weighted by molar-refractivity contribution is -0.115. The van der Waals surface area contributed by atoms with Crippen LogP contribution in [0.1, 0.15) is 18.9 Å². The number of anilines is 1. The number of hydrogen-bond donors (Lipinski definition) is 1. The lowest BCUT2D eigenvalue weighted by atomic mass is 10.1. The zero-order chi connectivity index (χ0) is 17.9. The van der Waals surface area contributed by atoms with Crippen molar-refractivity contribution >= 4 is 29.1 Å². The molecule has 0 atom stereocenters. The fourth-order valence-corrected chi connectivity index (χ4v) is 3.38. The number of amides is 1. The first-order valence-corrected chi connectivity index (χ1v) is 9.20. The Labute approximate surface area is 154 Å². The van der Waals surface area contributed by atoms with Crippen molar-refractivity contribution in [3.63, 3.8) is 0 Å². The molecule has 0 bridgehead atoms. The Bertz CT molecular complexity index is 965. The molecule has 8 heteroatoms. The van der Waals surface area contributed by atoms with E-state index in [-0.39, 0.29) is 5.91 Å². The minimum absolute atomic E-state index is 0.00134. The van der Waals surface area contributed by atoms with E-state index in [2.05, 4.69) is 20.5 Å². The van der Waals surface area contributed by atoms with Crippen LogP contribution in [0, 0.1) is 0 Å². The lowest BCUT2D eigenvalue weighted by Crippen LogP contribution is -2.14. The molecule has 1 amide bonds. The van der Waals surface area contributed by atoms with Crippen LogP contribution in [-0.4, -0.2) is 37.2 Å². The van der Waals surface area contributed by atoms with E-state index in [0.29, 0.717) is 18.0 Å². The summed E-state index contributed by atoms with van der Waals surface area (Å²) in [5, 5.41) is 16.8. The van der Waals surface area contributed by atoms with Gasteiger partial charge in [-0.1, -0.05) is 30.8 Å². The predicted octanol–water partition coefficient (Wildman–Crippen LogP) is 3.05. The van der Waals surface area contributed by atoms with Crippen molar-refractivity contribution in [3.8, 4) is 11.4 Å². The molecule has 26 heavy (non-hydrogen) atoms. The molecule has 130 valence electrons. The van der Waals surface area contributed by atoms with E-state index in [1.54, 1.807) is 28.8 Å². The van der Waals surface area contributed by atoms with E-state index in [0.717, 1.165) is 27.7 Å². The zero-order valence-electron chi connectivity index (χ0n) is 14.1. The molecule has 0 unspecified atom stereocenters. The molecule has 1 aromatic carbocycles. The van der Waals surface area contributed by atoms with Crippen molar-refractivity contribution < 1.29 is 4.79 Å². The van der Waals surface area contributed by atoms with Crippen LogP contribution in [0.2, 0.25) is 0 Å². The minimum atomic E-state index is -0.00134. The van der Waals surface area contributed by atoms with Gasteiger partial charge in [0.15, 0.2) is 5.82 Å². The summed E-state index contributed by atoms with van der Waals surface area (Å²) in [5.41, 5.74) is 3.59. The average Bonchev–Trinajstić information content (AvgIpc) is 3.12. The second-order valence-electron chi connectivity index (χ2n) is 5.67. The summed E-state index contributed by atoms with van der Waals surface area (Å²) in [7, 11) is 0. The van der Waals surface area contributed by atoms with Crippen LogP contribution >= 0.6 is 11.8 Å². The Morgan fingerprint density at radius 2 is 2.04 bits per heavy atom. The van der Waals surface area contributed by atoms with E-state index in [4.69, 9.17) is 5.10 Å². The van der Waals surface area contributed by atoms with Gasteiger partial charge in [-0.25, -0.2) is 0 Å². The van der Waals surface area contributed by atoms with Crippen molar-refractivity contribution in [1.29, 1.82) is 0 Å². The third-order valence-electron chi connectivity index (χ3n) is 3.91. The molecule has 3 aromatic rings. The number of carbonyl (C=O) groups is 1. The van der Waals surface area contributed by atoms with Crippen LogP contribution in [0.15, 0.2) is 59.0 Å². The number of fused-ring (bicyclic) bond motifs is 1. The van der Waals surface area contributed by atoms with E-state index in [1.165, 1.54) is 0 Å². The number of hydrogen-bond acceptors (Lipinski definition) is 6. The molecule has 0 aliphatic carbocycles. The number of thioether (sulfide) groups is 1. The summed E-state index contributed by atoms with van der Waals surface area (Å²) < 4.78 is 1.76. The maximum Gasteiger partial charge on any atom is 0.224 e. The molecule has 4 rings (SSSR count). The van der Waals surface area contributed by atoms with Gasteiger partial charge in [0.05, 0.1) is 5.71 Å². The van der Waals surface area contributed by atoms with Gasteiger partial charge in [0, 0.05) is 35.8 Å². The van der Waals surface area contributed by atoms with Crippen LogP contribution in [-0.2, 0) is 4.79 Å². The van der Waals surface area contributed by atoms with E-state index in [9.17, 15) is 4.79 Å². The Morgan fingerprint density at radius 3 is 2.77 bits per heavy atom. The molecule has 2 aromatic heterocycles. The van der Waals surface area contributed by atoms with Gasteiger partial charge in [0.1, 0.15) is 0 Å². The highest BCUT2D eigenvalue weighted by atomic mass is 32.2. The first-order chi connectivity index (χ1) is 12.7. The fraction of sp³-hybridized carbons (Fsp3) is 0.167. The number of benzene rings is 1. The van der Waals surface area contributed by atoms with Gasteiger partial charge in [0.25, 0.3) is 0 Å². The van der Waals surface area contributed by atoms with Crippen LogP contribution in [0.4, 0.5) is 5.69 Å². The topological polar surface area (TPSA) is 85.1 Å². The molecular weight excluding hydrogens is 348 g/mol. The summed E-state index contributed by atoms with van der Waals surface area (Å²) >= 11 is 1.59. The van der Waals surface area contributed by atoms with Crippen molar-refractivity contribution in [2.24, 2.45) is 5.10 Å². The second-order valence-corrected chi connectivity index (χ2v) is 6.62. The fourth-order valence-electron chi connectivity index (χ4n) is 2.54. The Kier molecular flexibility index (Phi) is 4.49. The number of carbonyl (C=O) groups excluding carboxylic acids is 1. The number of rotatable bonds is 4. The first-order valence-electron chi connectivity index (χ1n) is 8.21. The van der Waals surface area contributed by atoms with Crippen molar-refractivity contribution in [3.05, 3.63) is 54.4 Å². The zero-order valence-corrected chi connectivity index (χ0v) is 14.9.